The number of hydrogen-bond acceptors (Lipinski definition) is 3. The maximum absolute atomic E-state index is 12.0. The van der Waals surface area contributed by atoms with Crippen LogP contribution < -0.4 is 10.1 Å². The van der Waals surface area contributed by atoms with Gasteiger partial charge in [0.05, 0.1) is 12.6 Å². The smallest absolute Gasteiger partial charge is 0.317 e. The third-order valence-corrected chi connectivity index (χ3v) is 3.94. The number of carbonyl (C=O) groups excluding carboxylic acids is 1. The van der Waals surface area contributed by atoms with Crippen molar-refractivity contribution in [3.63, 3.8) is 0 Å². The van der Waals surface area contributed by atoms with Crippen molar-refractivity contribution in [2.45, 2.75) is 38.9 Å². The molecule has 0 heterocycles. The SMILES string of the molecule is Cc1ccccc1OC(C)CNC(=O)N(C)CC(O)C1CC1. The first kappa shape index (κ1) is 16.6. The van der Waals surface area contributed by atoms with Crippen LogP contribution in [0.25, 0.3) is 0 Å². The molecule has 1 fully saturated rings. The lowest BCUT2D eigenvalue weighted by atomic mass is 10.2. The first-order valence-electron chi connectivity index (χ1n) is 7.86. The Labute approximate surface area is 132 Å². The molecule has 1 aliphatic rings. The molecule has 5 nitrogen and oxygen atoms in total. The summed E-state index contributed by atoms with van der Waals surface area (Å²) in [5, 5.41) is 12.7. The van der Waals surface area contributed by atoms with Crippen LogP contribution in [0.2, 0.25) is 0 Å². The van der Waals surface area contributed by atoms with E-state index >= 15 is 0 Å². The Balaban J connectivity index is 1.71. The standard InChI is InChI=1S/C17H26N2O3/c1-12-6-4-5-7-16(12)22-13(2)10-18-17(21)19(3)11-15(20)14-8-9-14/h4-7,13-15,20H,8-11H2,1-3H3,(H,18,21). The van der Waals surface area contributed by atoms with Crippen molar-refractivity contribution in [1.29, 1.82) is 0 Å². The Morgan fingerprint density at radius 1 is 1.45 bits per heavy atom. The molecule has 5 heteroatoms. The van der Waals surface area contributed by atoms with Gasteiger partial charge in [0.1, 0.15) is 11.9 Å². The minimum atomic E-state index is -0.406. The zero-order valence-electron chi connectivity index (χ0n) is 13.6. The number of likely N-dealkylation sites (N-methyl/N-ethyl adjacent to an activating group) is 1. The summed E-state index contributed by atoms with van der Waals surface area (Å²) in [5.41, 5.74) is 1.07. The highest BCUT2D eigenvalue weighted by Gasteiger charge is 2.31. The zero-order valence-corrected chi connectivity index (χ0v) is 13.6. The van der Waals surface area contributed by atoms with Gasteiger partial charge in [0, 0.05) is 13.6 Å². The molecule has 0 spiro atoms. The molecular weight excluding hydrogens is 280 g/mol. The van der Waals surface area contributed by atoms with E-state index in [-0.39, 0.29) is 12.1 Å². The summed E-state index contributed by atoms with van der Waals surface area (Å²) in [7, 11) is 1.70. The average molecular weight is 306 g/mol. The minimum Gasteiger partial charge on any atom is -0.489 e. The number of ether oxygens (including phenoxy) is 1. The molecule has 0 radical (unpaired) electrons. The number of carbonyl (C=O) groups is 1. The number of aliphatic hydroxyl groups excluding tert-OH is 1. The zero-order chi connectivity index (χ0) is 16.1. The van der Waals surface area contributed by atoms with Gasteiger partial charge in [0.15, 0.2) is 0 Å². The third-order valence-electron chi connectivity index (χ3n) is 3.94. The van der Waals surface area contributed by atoms with Gasteiger partial charge in [-0.2, -0.15) is 0 Å². The van der Waals surface area contributed by atoms with Crippen molar-refractivity contribution in [2.24, 2.45) is 5.92 Å². The predicted molar refractivity (Wildman–Crippen MR) is 86.0 cm³/mol. The molecule has 1 aromatic rings. The highest BCUT2D eigenvalue weighted by molar-refractivity contribution is 5.73. The monoisotopic (exact) mass is 306 g/mol. The van der Waals surface area contributed by atoms with Gasteiger partial charge in [-0.15, -0.1) is 0 Å². The summed E-state index contributed by atoms with van der Waals surface area (Å²) in [5.74, 6) is 1.21. The molecule has 22 heavy (non-hydrogen) atoms. The Morgan fingerprint density at radius 3 is 2.77 bits per heavy atom. The molecule has 0 bridgehead atoms. The van der Waals surface area contributed by atoms with Crippen LogP contribution in [0.4, 0.5) is 4.79 Å². The quantitative estimate of drug-likeness (QED) is 0.811. The molecule has 2 rings (SSSR count). The number of nitrogens with zero attached hydrogens (tertiary/aromatic N) is 1. The Bertz CT molecular complexity index is 502. The van der Waals surface area contributed by atoms with Gasteiger partial charge in [-0.3, -0.25) is 0 Å². The second-order valence-electron chi connectivity index (χ2n) is 6.17. The Kier molecular flexibility index (Phi) is 5.66. The van der Waals surface area contributed by atoms with E-state index in [0.717, 1.165) is 24.2 Å². The summed E-state index contributed by atoms with van der Waals surface area (Å²) < 4.78 is 5.82. The van der Waals surface area contributed by atoms with Gasteiger partial charge in [0.2, 0.25) is 0 Å². The first-order chi connectivity index (χ1) is 10.5. The van der Waals surface area contributed by atoms with Crippen LogP contribution in [-0.4, -0.2) is 48.4 Å². The van der Waals surface area contributed by atoms with Crippen LogP contribution in [0.5, 0.6) is 5.75 Å². The summed E-state index contributed by atoms with van der Waals surface area (Å²) in [6, 6.07) is 7.63. The number of rotatable bonds is 7. The van der Waals surface area contributed by atoms with Crippen molar-refractivity contribution >= 4 is 6.03 Å². The number of amides is 2. The number of aryl methyl sites for hydroxylation is 1. The molecule has 2 N–H and O–H groups in total. The number of benzene rings is 1. The van der Waals surface area contributed by atoms with Gasteiger partial charge in [-0.1, -0.05) is 18.2 Å². The summed E-state index contributed by atoms with van der Waals surface area (Å²) in [6.45, 7) is 4.72. The van der Waals surface area contributed by atoms with Crippen molar-refractivity contribution in [2.75, 3.05) is 20.1 Å². The first-order valence-corrected chi connectivity index (χ1v) is 7.86. The van der Waals surface area contributed by atoms with Crippen LogP contribution >= 0.6 is 0 Å². The molecule has 2 unspecified atom stereocenters. The summed E-state index contributed by atoms with van der Waals surface area (Å²) in [4.78, 5) is 13.5. The van der Waals surface area contributed by atoms with E-state index < -0.39 is 6.10 Å². The van der Waals surface area contributed by atoms with E-state index in [0.29, 0.717) is 19.0 Å². The molecule has 0 aliphatic heterocycles. The predicted octanol–water partition coefficient (Wildman–Crippen LogP) is 2.17. The molecule has 2 amide bonds. The molecule has 2 atom stereocenters. The number of hydrogen-bond donors (Lipinski definition) is 2. The largest absolute Gasteiger partial charge is 0.489 e. The molecule has 0 saturated heterocycles. The van der Waals surface area contributed by atoms with Gasteiger partial charge < -0.3 is 20.1 Å². The van der Waals surface area contributed by atoms with Crippen LogP contribution in [0.3, 0.4) is 0 Å². The van der Waals surface area contributed by atoms with Crippen molar-refractivity contribution in [3.05, 3.63) is 29.8 Å². The summed E-state index contributed by atoms with van der Waals surface area (Å²) in [6.07, 6.45) is 1.61. The van der Waals surface area contributed by atoms with Crippen molar-refractivity contribution in [1.82, 2.24) is 10.2 Å². The third kappa shape index (κ3) is 4.91. The number of nitrogens with one attached hydrogen (secondary N) is 1. The highest BCUT2D eigenvalue weighted by Crippen LogP contribution is 2.32. The van der Waals surface area contributed by atoms with Gasteiger partial charge in [0.25, 0.3) is 0 Å². The van der Waals surface area contributed by atoms with Crippen LogP contribution in [-0.2, 0) is 0 Å². The fraction of sp³-hybridized carbons (Fsp3) is 0.588. The number of urea groups is 1. The topological polar surface area (TPSA) is 61.8 Å². The molecule has 1 aliphatic carbocycles. The van der Waals surface area contributed by atoms with Gasteiger partial charge >= 0.3 is 6.03 Å². The Hall–Kier alpha value is -1.75. The van der Waals surface area contributed by atoms with Gasteiger partial charge in [-0.05, 0) is 44.2 Å². The van der Waals surface area contributed by atoms with Crippen LogP contribution in [0.1, 0.15) is 25.3 Å². The van der Waals surface area contributed by atoms with Crippen molar-refractivity contribution in [3.8, 4) is 5.75 Å². The van der Waals surface area contributed by atoms with E-state index in [9.17, 15) is 9.90 Å². The fourth-order valence-electron chi connectivity index (χ4n) is 2.31. The number of para-hydroxylation sites is 1. The van der Waals surface area contributed by atoms with Gasteiger partial charge in [-0.25, -0.2) is 4.79 Å². The minimum absolute atomic E-state index is 0.119. The second kappa shape index (κ2) is 7.49. The van der Waals surface area contributed by atoms with Crippen LogP contribution in [0.15, 0.2) is 24.3 Å². The highest BCUT2D eigenvalue weighted by atomic mass is 16.5. The van der Waals surface area contributed by atoms with Crippen molar-refractivity contribution < 1.29 is 14.6 Å². The fourth-order valence-corrected chi connectivity index (χ4v) is 2.31. The van der Waals surface area contributed by atoms with E-state index in [1.807, 2.05) is 38.1 Å². The van der Waals surface area contributed by atoms with E-state index in [1.54, 1.807) is 7.05 Å². The second-order valence-corrected chi connectivity index (χ2v) is 6.17. The summed E-state index contributed by atoms with van der Waals surface area (Å²) >= 11 is 0. The van der Waals surface area contributed by atoms with Crippen LogP contribution in [0, 0.1) is 12.8 Å². The maximum atomic E-state index is 12.0. The lowest BCUT2D eigenvalue weighted by molar-refractivity contribution is 0.112. The molecule has 1 aromatic carbocycles. The van der Waals surface area contributed by atoms with E-state index in [4.69, 9.17) is 4.74 Å². The van der Waals surface area contributed by atoms with E-state index in [1.165, 1.54) is 4.90 Å². The lowest BCUT2D eigenvalue weighted by Crippen LogP contribution is -2.44. The maximum Gasteiger partial charge on any atom is 0.317 e. The molecule has 1 saturated carbocycles. The van der Waals surface area contributed by atoms with E-state index in [2.05, 4.69) is 5.32 Å². The Morgan fingerprint density at radius 2 is 2.14 bits per heavy atom. The molecule has 122 valence electrons. The lowest BCUT2D eigenvalue weighted by Gasteiger charge is -2.23. The number of aliphatic hydroxyl groups is 1. The normalized spacial score (nSPS) is 16.7. The molecule has 0 aromatic heterocycles. The molecular formula is C17H26N2O3. The average Bonchev–Trinajstić information content (AvgIpc) is 3.31.